The maximum absolute atomic E-state index is 12.8. The van der Waals surface area contributed by atoms with E-state index < -0.39 is 5.54 Å². The molecule has 3 amide bonds. The Kier molecular flexibility index (Phi) is 4.97. The zero-order chi connectivity index (χ0) is 19.0. The molecule has 2 aliphatic heterocycles. The molecule has 3 fully saturated rings. The van der Waals surface area contributed by atoms with Crippen molar-refractivity contribution in [3.8, 4) is 0 Å². The predicted octanol–water partition coefficient (Wildman–Crippen LogP) is 2.49. The van der Waals surface area contributed by atoms with Gasteiger partial charge in [0.05, 0.1) is 17.8 Å². The van der Waals surface area contributed by atoms with Gasteiger partial charge in [-0.2, -0.15) is 11.3 Å². The van der Waals surface area contributed by atoms with Crippen molar-refractivity contribution in [3.05, 3.63) is 16.8 Å². The van der Waals surface area contributed by atoms with Crippen molar-refractivity contribution < 1.29 is 14.4 Å². The highest BCUT2D eigenvalue weighted by Crippen LogP contribution is 2.36. The van der Waals surface area contributed by atoms with Crippen LogP contribution in [0.25, 0.3) is 0 Å². The number of piperazine rings is 1. The summed E-state index contributed by atoms with van der Waals surface area (Å²) in [5.74, 6) is 0.595. The highest BCUT2D eigenvalue weighted by atomic mass is 32.1. The summed E-state index contributed by atoms with van der Waals surface area (Å²) in [6, 6.07) is 1.94. The number of amides is 3. The van der Waals surface area contributed by atoms with Crippen molar-refractivity contribution >= 4 is 34.7 Å². The standard InChI is InChI=1S/C20H27N3O3S/c1-15(24)23-11-19(26)22(17-6-9-27-12-17)14-20(23)7-8-21(13-20)18(25)10-16-4-2-3-5-16/h6,9,12,16H,2-5,7-8,10-11,13-14H2,1H3/t20-/m1/s1. The quantitative estimate of drug-likeness (QED) is 0.798. The average Bonchev–Trinajstić information content (AvgIpc) is 3.38. The van der Waals surface area contributed by atoms with Gasteiger partial charge in [-0.25, -0.2) is 0 Å². The molecule has 0 radical (unpaired) electrons. The van der Waals surface area contributed by atoms with E-state index in [9.17, 15) is 14.4 Å². The topological polar surface area (TPSA) is 60.9 Å². The Hall–Kier alpha value is -1.89. The summed E-state index contributed by atoms with van der Waals surface area (Å²) >= 11 is 1.56. The van der Waals surface area contributed by atoms with Gasteiger partial charge in [-0.15, -0.1) is 0 Å². The van der Waals surface area contributed by atoms with Gasteiger partial charge in [0, 0.05) is 31.8 Å². The van der Waals surface area contributed by atoms with E-state index in [0.717, 1.165) is 24.9 Å². The number of carbonyl (C=O) groups excluding carboxylic acids is 3. The number of nitrogens with zero attached hydrogens (tertiary/aromatic N) is 3. The Balaban J connectivity index is 1.52. The largest absolute Gasteiger partial charge is 0.340 e. The van der Waals surface area contributed by atoms with Gasteiger partial charge < -0.3 is 14.7 Å². The fraction of sp³-hybridized carbons (Fsp3) is 0.650. The van der Waals surface area contributed by atoms with Crippen LogP contribution in [0.4, 0.5) is 5.69 Å². The van der Waals surface area contributed by atoms with Gasteiger partial charge in [0.15, 0.2) is 0 Å². The lowest BCUT2D eigenvalue weighted by atomic mass is 9.92. The molecule has 27 heavy (non-hydrogen) atoms. The number of anilines is 1. The highest BCUT2D eigenvalue weighted by molar-refractivity contribution is 7.08. The van der Waals surface area contributed by atoms with E-state index in [0.29, 0.717) is 32.0 Å². The molecular formula is C20H27N3O3S. The van der Waals surface area contributed by atoms with Gasteiger partial charge in [0.1, 0.15) is 6.54 Å². The Morgan fingerprint density at radius 3 is 2.70 bits per heavy atom. The average molecular weight is 390 g/mol. The summed E-state index contributed by atoms with van der Waals surface area (Å²) in [7, 11) is 0. The molecule has 146 valence electrons. The molecule has 7 heteroatoms. The Labute approximate surface area is 164 Å². The smallest absolute Gasteiger partial charge is 0.246 e. The minimum atomic E-state index is -0.465. The van der Waals surface area contributed by atoms with Crippen LogP contribution in [-0.2, 0) is 14.4 Å². The van der Waals surface area contributed by atoms with Crippen LogP contribution in [0, 0.1) is 5.92 Å². The summed E-state index contributed by atoms with van der Waals surface area (Å²) in [6.07, 6.45) is 6.14. The van der Waals surface area contributed by atoms with E-state index in [1.165, 1.54) is 19.8 Å². The molecule has 1 aromatic rings. The third-order valence-corrected chi connectivity index (χ3v) is 7.11. The summed E-state index contributed by atoms with van der Waals surface area (Å²) in [4.78, 5) is 43.2. The van der Waals surface area contributed by atoms with Crippen LogP contribution >= 0.6 is 11.3 Å². The van der Waals surface area contributed by atoms with Gasteiger partial charge in [-0.3, -0.25) is 14.4 Å². The molecule has 4 rings (SSSR count). The lowest BCUT2D eigenvalue weighted by molar-refractivity contribution is -0.143. The second kappa shape index (κ2) is 7.26. The predicted molar refractivity (Wildman–Crippen MR) is 105 cm³/mol. The van der Waals surface area contributed by atoms with Gasteiger partial charge in [-0.1, -0.05) is 12.8 Å². The monoisotopic (exact) mass is 389 g/mol. The molecule has 6 nitrogen and oxygen atoms in total. The zero-order valence-electron chi connectivity index (χ0n) is 15.9. The summed E-state index contributed by atoms with van der Waals surface area (Å²) in [6.45, 7) is 3.29. The Morgan fingerprint density at radius 2 is 2.04 bits per heavy atom. The second-order valence-electron chi connectivity index (χ2n) is 8.21. The molecule has 1 atom stereocenters. The number of hydrogen-bond donors (Lipinski definition) is 0. The third-order valence-electron chi connectivity index (χ3n) is 6.44. The van der Waals surface area contributed by atoms with Gasteiger partial charge in [-0.05, 0) is 36.6 Å². The fourth-order valence-electron chi connectivity index (χ4n) is 4.96. The van der Waals surface area contributed by atoms with Crippen molar-refractivity contribution in [2.24, 2.45) is 5.92 Å². The molecule has 0 unspecified atom stereocenters. The molecule has 2 saturated heterocycles. The molecule has 3 heterocycles. The minimum absolute atomic E-state index is 0.0510. The maximum Gasteiger partial charge on any atom is 0.246 e. The first-order valence-corrected chi connectivity index (χ1v) is 10.8. The first-order chi connectivity index (χ1) is 13.0. The molecule has 3 aliphatic rings. The van der Waals surface area contributed by atoms with Crippen molar-refractivity contribution in [2.45, 2.75) is 51.0 Å². The molecule has 1 aromatic heterocycles. The fourth-order valence-corrected chi connectivity index (χ4v) is 5.60. The van der Waals surface area contributed by atoms with E-state index in [4.69, 9.17) is 0 Å². The van der Waals surface area contributed by atoms with Crippen molar-refractivity contribution in [2.75, 3.05) is 31.1 Å². The van der Waals surface area contributed by atoms with E-state index in [1.54, 1.807) is 21.1 Å². The Bertz CT molecular complexity index is 729. The minimum Gasteiger partial charge on any atom is -0.340 e. The van der Waals surface area contributed by atoms with Crippen molar-refractivity contribution in [1.82, 2.24) is 9.80 Å². The number of hydrogen-bond acceptors (Lipinski definition) is 4. The lowest BCUT2D eigenvalue weighted by Gasteiger charge is -2.47. The van der Waals surface area contributed by atoms with Crippen LogP contribution < -0.4 is 4.90 Å². The van der Waals surface area contributed by atoms with Crippen molar-refractivity contribution in [3.63, 3.8) is 0 Å². The van der Waals surface area contributed by atoms with Crippen LogP contribution in [0.1, 0.15) is 45.4 Å². The van der Waals surface area contributed by atoms with Crippen LogP contribution in [0.2, 0.25) is 0 Å². The number of likely N-dealkylation sites (tertiary alicyclic amines) is 1. The first kappa shape index (κ1) is 18.5. The van der Waals surface area contributed by atoms with E-state index >= 15 is 0 Å². The first-order valence-electron chi connectivity index (χ1n) is 9.87. The van der Waals surface area contributed by atoms with E-state index in [1.807, 2.05) is 21.7 Å². The van der Waals surface area contributed by atoms with Crippen LogP contribution in [0.3, 0.4) is 0 Å². The van der Waals surface area contributed by atoms with Gasteiger partial charge >= 0.3 is 0 Å². The normalized spacial score (nSPS) is 26.4. The SMILES string of the molecule is CC(=O)N1CC(=O)N(c2ccsc2)C[C@]12CCN(C(=O)CC1CCCC1)C2. The number of rotatable bonds is 3. The Morgan fingerprint density at radius 1 is 1.26 bits per heavy atom. The maximum atomic E-state index is 12.8. The molecular weight excluding hydrogens is 362 g/mol. The lowest BCUT2D eigenvalue weighted by Crippen LogP contribution is -2.67. The van der Waals surface area contributed by atoms with Crippen LogP contribution in [0.15, 0.2) is 16.8 Å². The molecule has 0 bridgehead atoms. The zero-order valence-corrected chi connectivity index (χ0v) is 16.7. The summed E-state index contributed by atoms with van der Waals surface area (Å²) in [5.41, 5.74) is 0.427. The van der Waals surface area contributed by atoms with E-state index in [2.05, 4.69) is 0 Å². The van der Waals surface area contributed by atoms with Crippen LogP contribution in [0.5, 0.6) is 0 Å². The molecule has 0 aromatic carbocycles. The van der Waals surface area contributed by atoms with Gasteiger partial charge in [0.2, 0.25) is 17.7 Å². The van der Waals surface area contributed by atoms with Crippen LogP contribution in [-0.4, -0.2) is 59.2 Å². The van der Waals surface area contributed by atoms with E-state index in [-0.39, 0.29) is 24.3 Å². The molecule has 1 saturated carbocycles. The second-order valence-corrected chi connectivity index (χ2v) is 8.99. The summed E-state index contributed by atoms with van der Waals surface area (Å²) < 4.78 is 0. The molecule has 1 spiro atoms. The highest BCUT2D eigenvalue weighted by Gasteiger charge is 2.51. The van der Waals surface area contributed by atoms with Crippen molar-refractivity contribution in [1.29, 1.82) is 0 Å². The third kappa shape index (κ3) is 3.49. The number of carbonyl (C=O) groups is 3. The molecule has 0 N–H and O–H groups in total. The summed E-state index contributed by atoms with van der Waals surface area (Å²) in [5, 5.41) is 3.92. The number of thiophene rings is 1. The molecule has 1 aliphatic carbocycles. The van der Waals surface area contributed by atoms with Gasteiger partial charge in [0.25, 0.3) is 0 Å².